The van der Waals surface area contributed by atoms with Crippen molar-refractivity contribution in [3.8, 4) is 11.4 Å². The summed E-state index contributed by atoms with van der Waals surface area (Å²) in [5.74, 6) is 0.746. The van der Waals surface area contributed by atoms with Crippen molar-refractivity contribution in [1.82, 2.24) is 9.97 Å². The normalized spacial score (nSPS) is 10.9. The number of non-ortho nitro benzene ring substituents is 1. The Morgan fingerprint density at radius 3 is 2.50 bits per heavy atom. The number of nitrogens with zero attached hydrogens (tertiary/aromatic N) is 2. The van der Waals surface area contributed by atoms with Crippen LogP contribution in [0, 0.1) is 24.0 Å². The molecule has 0 aliphatic carbocycles. The van der Waals surface area contributed by atoms with Gasteiger partial charge < -0.3 is 4.98 Å². The minimum absolute atomic E-state index is 0.0641. The number of nitrogens with one attached hydrogen (secondary N) is 1. The number of aromatic amines is 1. The van der Waals surface area contributed by atoms with E-state index in [4.69, 9.17) is 0 Å². The molecule has 0 unspecified atom stereocenters. The zero-order valence-corrected chi connectivity index (χ0v) is 11.2. The summed E-state index contributed by atoms with van der Waals surface area (Å²) in [5.41, 5.74) is 4.77. The zero-order valence-electron chi connectivity index (χ0n) is 11.2. The number of imidazole rings is 1. The van der Waals surface area contributed by atoms with Crippen LogP contribution in [0.1, 0.15) is 11.1 Å². The van der Waals surface area contributed by atoms with Gasteiger partial charge in [0.2, 0.25) is 0 Å². The molecule has 20 heavy (non-hydrogen) atoms. The lowest BCUT2D eigenvalue weighted by Gasteiger charge is -2.05. The molecule has 0 amide bonds. The van der Waals surface area contributed by atoms with E-state index in [2.05, 4.69) is 9.97 Å². The van der Waals surface area contributed by atoms with E-state index in [0.29, 0.717) is 5.52 Å². The van der Waals surface area contributed by atoms with Gasteiger partial charge in [-0.1, -0.05) is 18.2 Å². The van der Waals surface area contributed by atoms with Crippen molar-refractivity contribution in [2.24, 2.45) is 0 Å². The number of nitro benzene ring substituents is 1. The monoisotopic (exact) mass is 267 g/mol. The minimum atomic E-state index is -0.404. The second kappa shape index (κ2) is 4.45. The average molecular weight is 267 g/mol. The maximum absolute atomic E-state index is 10.8. The third-order valence-corrected chi connectivity index (χ3v) is 3.39. The fraction of sp³-hybridized carbons (Fsp3) is 0.133. The fourth-order valence-electron chi connectivity index (χ4n) is 2.42. The standard InChI is InChI=1S/C15H13N3O2/c1-9-4-3-5-10(2)14(9)15-16-12-7-6-11(18(19)20)8-13(12)17-15/h3-8H,1-2H3,(H,16,17). The third kappa shape index (κ3) is 1.93. The molecule has 0 saturated heterocycles. The number of hydrogen-bond donors (Lipinski definition) is 1. The lowest BCUT2D eigenvalue weighted by Crippen LogP contribution is -1.89. The highest BCUT2D eigenvalue weighted by Gasteiger charge is 2.13. The Bertz CT molecular complexity index is 801. The van der Waals surface area contributed by atoms with E-state index in [9.17, 15) is 10.1 Å². The summed E-state index contributed by atoms with van der Waals surface area (Å²) in [6.07, 6.45) is 0. The van der Waals surface area contributed by atoms with Crippen LogP contribution < -0.4 is 0 Å². The highest BCUT2D eigenvalue weighted by molar-refractivity contribution is 5.82. The van der Waals surface area contributed by atoms with Gasteiger partial charge in [0, 0.05) is 17.7 Å². The lowest BCUT2D eigenvalue weighted by atomic mass is 10.0. The van der Waals surface area contributed by atoms with E-state index in [1.165, 1.54) is 12.1 Å². The molecule has 1 N–H and O–H groups in total. The molecule has 3 rings (SSSR count). The van der Waals surface area contributed by atoms with E-state index < -0.39 is 4.92 Å². The van der Waals surface area contributed by atoms with Gasteiger partial charge in [-0.25, -0.2) is 4.98 Å². The van der Waals surface area contributed by atoms with Crippen LogP contribution in [0.5, 0.6) is 0 Å². The van der Waals surface area contributed by atoms with Crippen molar-refractivity contribution < 1.29 is 4.92 Å². The Hall–Kier alpha value is -2.69. The summed E-state index contributed by atoms with van der Waals surface area (Å²) in [5, 5.41) is 10.8. The van der Waals surface area contributed by atoms with Crippen LogP contribution >= 0.6 is 0 Å². The SMILES string of the molecule is Cc1cccc(C)c1-c1nc2ccc([N+](=O)[O-])cc2[nH]1. The first-order valence-corrected chi connectivity index (χ1v) is 6.27. The molecule has 3 aromatic rings. The minimum Gasteiger partial charge on any atom is -0.338 e. The quantitative estimate of drug-likeness (QED) is 0.567. The number of aryl methyl sites for hydroxylation is 2. The van der Waals surface area contributed by atoms with Crippen molar-refractivity contribution in [1.29, 1.82) is 0 Å². The Labute approximate surface area is 115 Å². The van der Waals surface area contributed by atoms with Gasteiger partial charge in [0.15, 0.2) is 0 Å². The van der Waals surface area contributed by atoms with Crippen molar-refractivity contribution >= 4 is 16.7 Å². The van der Waals surface area contributed by atoms with Crippen molar-refractivity contribution in [2.75, 3.05) is 0 Å². The van der Waals surface area contributed by atoms with Crippen LogP contribution in [0.25, 0.3) is 22.4 Å². The molecular weight excluding hydrogens is 254 g/mol. The van der Waals surface area contributed by atoms with Gasteiger partial charge in [0.25, 0.3) is 5.69 Å². The van der Waals surface area contributed by atoms with Crippen LogP contribution in [0.2, 0.25) is 0 Å². The van der Waals surface area contributed by atoms with Gasteiger partial charge >= 0.3 is 0 Å². The lowest BCUT2D eigenvalue weighted by molar-refractivity contribution is -0.384. The molecule has 0 saturated carbocycles. The number of aromatic nitrogens is 2. The maximum atomic E-state index is 10.8. The molecule has 5 heteroatoms. The van der Waals surface area contributed by atoms with Crippen molar-refractivity contribution in [3.05, 3.63) is 57.6 Å². The molecule has 2 aromatic carbocycles. The first-order valence-electron chi connectivity index (χ1n) is 6.27. The molecule has 0 atom stereocenters. The Kier molecular flexibility index (Phi) is 2.75. The van der Waals surface area contributed by atoms with Crippen molar-refractivity contribution in [3.63, 3.8) is 0 Å². The molecule has 100 valence electrons. The highest BCUT2D eigenvalue weighted by Crippen LogP contribution is 2.28. The number of rotatable bonds is 2. The Morgan fingerprint density at radius 1 is 1.15 bits per heavy atom. The van der Waals surface area contributed by atoms with E-state index in [0.717, 1.165) is 28.0 Å². The number of hydrogen-bond acceptors (Lipinski definition) is 3. The van der Waals surface area contributed by atoms with E-state index in [1.54, 1.807) is 6.07 Å². The summed E-state index contributed by atoms with van der Waals surface area (Å²) < 4.78 is 0. The maximum Gasteiger partial charge on any atom is 0.271 e. The molecule has 0 spiro atoms. The van der Waals surface area contributed by atoms with Crippen molar-refractivity contribution in [2.45, 2.75) is 13.8 Å². The molecule has 0 radical (unpaired) electrons. The first kappa shape index (κ1) is 12.3. The number of fused-ring (bicyclic) bond motifs is 1. The second-order valence-corrected chi connectivity index (χ2v) is 4.81. The topological polar surface area (TPSA) is 71.8 Å². The molecule has 1 aromatic heterocycles. The summed E-state index contributed by atoms with van der Waals surface area (Å²) in [6.45, 7) is 4.05. The second-order valence-electron chi connectivity index (χ2n) is 4.81. The predicted molar refractivity (Wildman–Crippen MR) is 77.7 cm³/mol. The van der Waals surface area contributed by atoms with Crippen LogP contribution in [-0.2, 0) is 0 Å². The van der Waals surface area contributed by atoms with Crippen LogP contribution in [0.15, 0.2) is 36.4 Å². The molecule has 0 fully saturated rings. The summed E-state index contributed by atoms with van der Waals surface area (Å²) in [4.78, 5) is 18.1. The van der Waals surface area contributed by atoms with Gasteiger partial charge in [-0.2, -0.15) is 0 Å². The van der Waals surface area contributed by atoms with Gasteiger partial charge in [-0.05, 0) is 31.0 Å². The molecule has 0 bridgehead atoms. The molecule has 5 nitrogen and oxygen atoms in total. The number of nitro groups is 1. The summed E-state index contributed by atoms with van der Waals surface area (Å²) in [7, 11) is 0. The average Bonchev–Trinajstić information content (AvgIpc) is 2.80. The summed E-state index contributed by atoms with van der Waals surface area (Å²) in [6, 6.07) is 10.7. The molecular formula is C15H13N3O2. The zero-order chi connectivity index (χ0) is 14.3. The molecule has 0 aliphatic rings. The van der Waals surface area contributed by atoms with Crippen LogP contribution in [0.4, 0.5) is 5.69 Å². The smallest absolute Gasteiger partial charge is 0.271 e. The predicted octanol–water partition coefficient (Wildman–Crippen LogP) is 3.75. The van der Waals surface area contributed by atoms with Gasteiger partial charge in [-0.15, -0.1) is 0 Å². The molecule has 1 heterocycles. The Balaban J connectivity index is 2.21. The van der Waals surface area contributed by atoms with Crippen LogP contribution in [0.3, 0.4) is 0 Å². The van der Waals surface area contributed by atoms with Gasteiger partial charge in [0.05, 0.1) is 16.0 Å². The summed E-state index contributed by atoms with van der Waals surface area (Å²) >= 11 is 0. The fourth-order valence-corrected chi connectivity index (χ4v) is 2.42. The van der Waals surface area contributed by atoms with E-state index in [1.807, 2.05) is 32.0 Å². The van der Waals surface area contributed by atoms with Crippen LogP contribution in [-0.4, -0.2) is 14.9 Å². The largest absolute Gasteiger partial charge is 0.338 e. The highest BCUT2D eigenvalue weighted by atomic mass is 16.6. The van der Waals surface area contributed by atoms with E-state index >= 15 is 0 Å². The number of H-pyrrole nitrogens is 1. The Morgan fingerprint density at radius 2 is 1.85 bits per heavy atom. The first-order chi connectivity index (χ1) is 9.56. The van der Waals surface area contributed by atoms with Gasteiger partial charge in [0.1, 0.15) is 5.82 Å². The van der Waals surface area contributed by atoms with E-state index in [-0.39, 0.29) is 5.69 Å². The molecule has 0 aliphatic heterocycles. The number of benzene rings is 2. The van der Waals surface area contributed by atoms with Gasteiger partial charge in [-0.3, -0.25) is 10.1 Å². The third-order valence-electron chi connectivity index (χ3n) is 3.39.